The highest BCUT2D eigenvalue weighted by atomic mass is 16.4. The van der Waals surface area contributed by atoms with Crippen LogP contribution in [0.1, 0.15) is 28.8 Å². The van der Waals surface area contributed by atoms with E-state index < -0.39 is 11.5 Å². The molecule has 2 bridgehead atoms. The predicted molar refractivity (Wildman–Crippen MR) is 112 cm³/mol. The van der Waals surface area contributed by atoms with Crippen molar-refractivity contribution in [1.29, 1.82) is 0 Å². The molecule has 2 atom stereocenters. The number of hydrogen-bond donors (Lipinski definition) is 3. The van der Waals surface area contributed by atoms with Crippen LogP contribution in [0.4, 0.5) is 5.69 Å². The van der Waals surface area contributed by atoms with Gasteiger partial charge in [0.1, 0.15) is 0 Å². The van der Waals surface area contributed by atoms with Crippen molar-refractivity contribution in [3.8, 4) is 0 Å². The standard InChI is InChI=1S/C23H27N3O3/c1-24-21(27)17-6-5-9-19(14-17)25-23(22(28)29,18-7-3-2-4-8-18)20-15-26-12-10-16(20)11-13-26/h2-9,14,16,20,25H,10-13,15H2,1H3,(H,24,27)(H,28,29)/t20?,23-/m0/s1. The molecule has 2 aromatic carbocycles. The highest BCUT2D eigenvalue weighted by Crippen LogP contribution is 2.45. The van der Waals surface area contributed by atoms with Crippen molar-refractivity contribution in [3.63, 3.8) is 0 Å². The van der Waals surface area contributed by atoms with Crippen molar-refractivity contribution >= 4 is 17.6 Å². The SMILES string of the molecule is CNC(=O)c1cccc(N[C@@](C(=O)O)(c2ccccc2)C2CN3CCC2CC3)c1. The van der Waals surface area contributed by atoms with E-state index in [0.717, 1.165) is 38.0 Å². The summed E-state index contributed by atoms with van der Waals surface area (Å²) in [6.45, 7) is 2.84. The van der Waals surface area contributed by atoms with Gasteiger partial charge in [-0.3, -0.25) is 4.79 Å². The van der Waals surface area contributed by atoms with Gasteiger partial charge in [-0.2, -0.15) is 0 Å². The van der Waals surface area contributed by atoms with Gasteiger partial charge >= 0.3 is 5.97 Å². The minimum atomic E-state index is -1.26. The van der Waals surface area contributed by atoms with Crippen LogP contribution in [0.15, 0.2) is 54.6 Å². The van der Waals surface area contributed by atoms with Crippen molar-refractivity contribution in [1.82, 2.24) is 10.2 Å². The summed E-state index contributed by atoms with van der Waals surface area (Å²) in [5.41, 5.74) is 0.621. The largest absolute Gasteiger partial charge is 0.479 e. The fourth-order valence-electron chi connectivity index (χ4n) is 4.98. The molecule has 5 rings (SSSR count). The number of fused-ring (bicyclic) bond motifs is 3. The Hall–Kier alpha value is -2.86. The van der Waals surface area contributed by atoms with Crippen LogP contribution in [0.3, 0.4) is 0 Å². The molecule has 0 aliphatic carbocycles. The zero-order valence-electron chi connectivity index (χ0n) is 16.6. The van der Waals surface area contributed by atoms with Crippen molar-refractivity contribution in [3.05, 3.63) is 65.7 Å². The van der Waals surface area contributed by atoms with Gasteiger partial charge < -0.3 is 20.6 Å². The molecule has 3 fully saturated rings. The third-order valence-corrected chi connectivity index (χ3v) is 6.47. The second kappa shape index (κ2) is 7.87. The first kappa shape index (κ1) is 19.5. The van der Waals surface area contributed by atoms with Crippen LogP contribution in [0.5, 0.6) is 0 Å². The van der Waals surface area contributed by atoms with Gasteiger partial charge in [0.2, 0.25) is 0 Å². The predicted octanol–water partition coefficient (Wildman–Crippen LogP) is 2.78. The van der Waals surface area contributed by atoms with Crippen molar-refractivity contribution in [2.45, 2.75) is 18.4 Å². The zero-order chi connectivity index (χ0) is 20.4. The van der Waals surface area contributed by atoms with Gasteiger partial charge in [0.25, 0.3) is 5.91 Å². The maximum Gasteiger partial charge on any atom is 0.334 e. The molecule has 1 unspecified atom stereocenters. The van der Waals surface area contributed by atoms with Crippen molar-refractivity contribution in [2.24, 2.45) is 11.8 Å². The lowest BCUT2D eigenvalue weighted by Gasteiger charge is -2.52. The van der Waals surface area contributed by atoms with E-state index in [0.29, 0.717) is 17.2 Å². The van der Waals surface area contributed by atoms with E-state index in [1.54, 1.807) is 25.2 Å². The second-order valence-electron chi connectivity index (χ2n) is 8.01. The van der Waals surface area contributed by atoms with E-state index in [1.807, 2.05) is 36.4 Å². The number of piperidine rings is 3. The number of amides is 1. The van der Waals surface area contributed by atoms with Crippen LogP contribution >= 0.6 is 0 Å². The lowest BCUT2D eigenvalue weighted by Crippen LogP contribution is -2.60. The fraction of sp³-hybridized carbons (Fsp3) is 0.391. The molecule has 0 spiro atoms. The molecular weight excluding hydrogens is 366 g/mol. The summed E-state index contributed by atoms with van der Waals surface area (Å²) in [6, 6.07) is 16.5. The van der Waals surface area contributed by atoms with Crippen LogP contribution in [0.25, 0.3) is 0 Å². The third kappa shape index (κ3) is 3.49. The lowest BCUT2D eigenvalue weighted by atomic mass is 9.65. The summed E-state index contributed by atoms with van der Waals surface area (Å²) in [5, 5.41) is 16.6. The van der Waals surface area contributed by atoms with E-state index in [1.165, 1.54) is 0 Å². The molecule has 1 amide bonds. The average Bonchev–Trinajstić information content (AvgIpc) is 2.78. The number of hydrogen-bond acceptors (Lipinski definition) is 4. The van der Waals surface area contributed by atoms with E-state index in [4.69, 9.17) is 0 Å². The Balaban J connectivity index is 1.80. The minimum absolute atomic E-state index is 0.0615. The second-order valence-corrected chi connectivity index (χ2v) is 8.01. The maximum atomic E-state index is 12.9. The van der Waals surface area contributed by atoms with Crippen LogP contribution in [-0.4, -0.2) is 48.6 Å². The smallest absolute Gasteiger partial charge is 0.334 e. The zero-order valence-corrected chi connectivity index (χ0v) is 16.6. The van der Waals surface area contributed by atoms with E-state index in [2.05, 4.69) is 15.5 Å². The number of carbonyl (C=O) groups excluding carboxylic acids is 1. The number of rotatable bonds is 6. The summed E-state index contributed by atoms with van der Waals surface area (Å²) in [6.07, 6.45) is 2.04. The summed E-state index contributed by atoms with van der Waals surface area (Å²) in [4.78, 5) is 27.4. The molecule has 3 heterocycles. The first-order valence-corrected chi connectivity index (χ1v) is 10.2. The normalized spacial score (nSPS) is 25.1. The number of benzene rings is 2. The molecule has 152 valence electrons. The average molecular weight is 393 g/mol. The van der Waals surface area contributed by atoms with Gasteiger partial charge in [0.05, 0.1) is 0 Å². The number of carboxylic acids is 1. The molecule has 6 heteroatoms. The quantitative estimate of drug-likeness (QED) is 0.703. The van der Waals surface area contributed by atoms with Crippen molar-refractivity contribution < 1.29 is 14.7 Å². The van der Waals surface area contributed by atoms with Crippen LogP contribution < -0.4 is 10.6 Å². The van der Waals surface area contributed by atoms with Gasteiger partial charge in [-0.1, -0.05) is 36.4 Å². The Labute approximate surface area is 170 Å². The van der Waals surface area contributed by atoms with E-state index >= 15 is 0 Å². The Morgan fingerprint density at radius 2 is 1.79 bits per heavy atom. The Bertz CT molecular complexity index is 893. The van der Waals surface area contributed by atoms with Crippen LogP contribution in [0, 0.1) is 11.8 Å². The van der Waals surface area contributed by atoms with Gasteiger partial charge in [0.15, 0.2) is 5.54 Å². The van der Waals surface area contributed by atoms with Gasteiger partial charge in [-0.05, 0) is 55.6 Å². The lowest BCUT2D eigenvalue weighted by molar-refractivity contribution is -0.148. The molecule has 29 heavy (non-hydrogen) atoms. The third-order valence-electron chi connectivity index (χ3n) is 6.47. The number of nitrogens with one attached hydrogen (secondary N) is 2. The number of carbonyl (C=O) groups is 2. The topological polar surface area (TPSA) is 81.7 Å². The van der Waals surface area contributed by atoms with Crippen molar-refractivity contribution in [2.75, 3.05) is 32.0 Å². The monoisotopic (exact) mass is 393 g/mol. The van der Waals surface area contributed by atoms with Gasteiger partial charge in [-0.15, -0.1) is 0 Å². The molecule has 3 aliphatic heterocycles. The first-order valence-electron chi connectivity index (χ1n) is 10.2. The van der Waals surface area contributed by atoms with Gasteiger partial charge in [0, 0.05) is 30.8 Å². The highest BCUT2D eigenvalue weighted by molar-refractivity contribution is 5.95. The maximum absolute atomic E-state index is 12.9. The Morgan fingerprint density at radius 3 is 2.38 bits per heavy atom. The van der Waals surface area contributed by atoms with Crippen LogP contribution in [0.2, 0.25) is 0 Å². The fourth-order valence-corrected chi connectivity index (χ4v) is 4.98. The number of anilines is 1. The molecule has 0 radical (unpaired) electrons. The Kier molecular flexibility index (Phi) is 5.28. The molecule has 2 aromatic rings. The molecule has 3 aliphatic rings. The highest BCUT2D eigenvalue weighted by Gasteiger charge is 2.53. The van der Waals surface area contributed by atoms with E-state index in [9.17, 15) is 14.7 Å². The summed E-state index contributed by atoms with van der Waals surface area (Å²) in [7, 11) is 1.58. The Morgan fingerprint density at radius 1 is 1.07 bits per heavy atom. The molecule has 0 saturated carbocycles. The molecular formula is C23H27N3O3. The number of carboxylic acid groups (broad SMARTS) is 1. The molecule has 3 N–H and O–H groups in total. The van der Waals surface area contributed by atoms with Gasteiger partial charge in [-0.25, -0.2) is 4.79 Å². The number of nitrogens with zero attached hydrogens (tertiary/aromatic N) is 1. The summed E-state index contributed by atoms with van der Waals surface area (Å²) in [5.74, 6) is -0.788. The minimum Gasteiger partial charge on any atom is -0.479 e. The first-order chi connectivity index (χ1) is 14.0. The summed E-state index contributed by atoms with van der Waals surface area (Å²) < 4.78 is 0. The number of aliphatic carboxylic acids is 1. The molecule has 0 aromatic heterocycles. The van der Waals surface area contributed by atoms with E-state index in [-0.39, 0.29) is 11.8 Å². The summed E-state index contributed by atoms with van der Waals surface area (Å²) >= 11 is 0. The molecule has 3 saturated heterocycles. The molecule has 6 nitrogen and oxygen atoms in total. The van der Waals surface area contributed by atoms with Crippen LogP contribution in [-0.2, 0) is 10.3 Å².